The number of carbonyl (C=O) groups is 1. The van der Waals surface area contributed by atoms with E-state index in [0.29, 0.717) is 30.5 Å². The van der Waals surface area contributed by atoms with E-state index < -0.39 is 5.82 Å². The van der Waals surface area contributed by atoms with Gasteiger partial charge >= 0.3 is 0 Å². The number of piperidine rings is 1. The van der Waals surface area contributed by atoms with Crippen LogP contribution in [-0.4, -0.2) is 23.9 Å². The van der Waals surface area contributed by atoms with Gasteiger partial charge in [0.25, 0.3) is 5.91 Å². The van der Waals surface area contributed by atoms with E-state index in [9.17, 15) is 9.18 Å². The zero-order valence-electron chi connectivity index (χ0n) is 10.4. The molecule has 0 bridgehead atoms. The van der Waals surface area contributed by atoms with E-state index in [2.05, 4.69) is 6.07 Å². The van der Waals surface area contributed by atoms with Gasteiger partial charge in [0, 0.05) is 24.5 Å². The molecule has 0 saturated carbocycles. The lowest BCUT2D eigenvalue weighted by atomic mass is 9.94. The lowest BCUT2D eigenvalue weighted by Crippen LogP contribution is -2.38. The zero-order chi connectivity index (χ0) is 13.8. The molecule has 1 aromatic carbocycles. The molecule has 2 rings (SSSR count). The largest absolute Gasteiger partial charge is 0.339 e. The molecule has 1 fully saturated rings. The maximum atomic E-state index is 13.6. The van der Waals surface area contributed by atoms with Gasteiger partial charge in [-0.3, -0.25) is 4.79 Å². The molecule has 1 aliphatic heterocycles. The van der Waals surface area contributed by atoms with Crippen LogP contribution in [0.1, 0.15) is 29.6 Å². The molecular formula is C14H14ClFN2O. The van der Waals surface area contributed by atoms with Gasteiger partial charge in [0.1, 0.15) is 5.82 Å². The number of likely N-dealkylation sites (tertiary alicyclic amines) is 1. The van der Waals surface area contributed by atoms with Crippen molar-refractivity contribution < 1.29 is 9.18 Å². The fraction of sp³-hybridized carbons (Fsp3) is 0.429. The minimum atomic E-state index is -0.548. The van der Waals surface area contributed by atoms with Crippen LogP contribution in [0.15, 0.2) is 18.2 Å². The van der Waals surface area contributed by atoms with Crippen LogP contribution in [0, 0.1) is 23.1 Å². The number of rotatable bonds is 2. The molecule has 0 atom stereocenters. The molecule has 5 heteroatoms. The summed E-state index contributed by atoms with van der Waals surface area (Å²) < 4.78 is 13.6. The number of nitriles is 1. The van der Waals surface area contributed by atoms with Crippen molar-refractivity contribution in [3.05, 3.63) is 34.6 Å². The fourth-order valence-corrected chi connectivity index (χ4v) is 2.47. The van der Waals surface area contributed by atoms with Crippen molar-refractivity contribution in [2.75, 3.05) is 13.1 Å². The maximum absolute atomic E-state index is 13.6. The number of carbonyl (C=O) groups excluding carboxylic acids is 1. The van der Waals surface area contributed by atoms with Crippen LogP contribution in [-0.2, 0) is 0 Å². The Morgan fingerprint density at radius 2 is 2.16 bits per heavy atom. The molecule has 3 nitrogen and oxygen atoms in total. The molecule has 0 unspecified atom stereocenters. The predicted octanol–water partition coefficient (Wildman–Crippen LogP) is 3.24. The van der Waals surface area contributed by atoms with Crippen LogP contribution < -0.4 is 0 Å². The van der Waals surface area contributed by atoms with Crippen molar-refractivity contribution in [1.29, 1.82) is 5.26 Å². The predicted molar refractivity (Wildman–Crippen MR) is 70.3 cm³/mol. The summed E-state index contributed by atoms with van der Waals surface area (Å²) in [6.45, 7) is 1.13. The number of hydrogen-bond acceptors (Lipinski definition) is 2. The Labute approximate surface area is 116 Å². The van der Waals surface area contributed by atoms with Gasteiger partial charge in [0.15, 0.2) is 0 Å². The first kappa shape index (κ1) is 13.8. The molecule has 1 aromatic rings. The van der Waals surface area contributed by atoms with Gasteiger partial charge < -0.3 is 4.90 Å². The summed E-state index contributed by atoms with van der Waals surface area (Å²) in [7, 11) is 0. The third kappa shape index (κ3) is 3.24. The molecule has 1 amide bonds. The number of nitrogens with zero attached hydrogens (tertiary/aromatic N) is 2. The number of halogens is 2. The van der Waals surface area contributed by atoms with E-state index in [1.54, 1.807) is 4.90 Å². The Bertz CT molecular complexity index is 519. The van der Waals surface area contributed by atoms with Crippen molar-refractivity contribution in [3.8, 4) is 6.07 Å². The van der Waals surface area contributed by atoms with Crippen molar-refractivity contribution >= 4 is 17.5 Å². The summed E-state index contributed by atoms with van der Waals surface area (Å²) in [6.07, 6.45) is 2.11. The van der Waals surface area contributed by atoms with Crippen LogP contribution in [0.25, 0.3) is 0 Å². The van der Waals surface area contributed by atoms with Crippen LogP contribution in [0.5, 0.6) is 0 Å². The maximum Gasteiger partial charge on any atom is 0.256 e. The molecule has 0 N–H and O–H groups in total. The molecule has 1 saturated heterocycles. The Kier molecular flexibility index (Phi) is 4.39. The second kappa shape index (κ2) is 6.03. The van der Waals surface area contributed by atoms with Gasteiger partial charge in [-0.15, -0.1) is 0 Å². The van der Waals surface area contributed by atoms with Crippen molar-refractivity contribution in [2.45, 2.75) is 19.3 Å². The van der Waals surface area contributed by atoms with E-state index in [1.165, 1.54) is 18.2 Å². The van der Waals surface area contributed by atoms with E-state index >= 15 is 0 Å². The Morgan fingerprint density at radius 1 is 1.47 bits per heavy atom. The van der Waals surface area contributed by atoms with E-state index in [4.69, 9.17) is 16.9 Å². The summed E-state index contributed by atoms with van der Waals surface area (Å²) >= 11 is 5.79. The SMILES string of the molecule is N#CCC1CCN(C(=O)c2cc(Cl)ccc2F)CC1. The average molecular weight is 281 g/mol. The highest BCUT2D eigenvalue weighted by Gasteiger charge is 2.25. The third-order valence-corrected chi connectivity index (χ3v) is 3.68. The van der Waals surface area contributed by atoms with Gasteiger partial charge in [-0.2, -0.15) is 5.26 Å². The molecule has 19 heavy (non-hydrogen) atoms. The Morgan fingerprint density at radius 3 is 2.79 bits per heavy atom. The lowest BCUT2D eigenvalue weighted by Gasteiger charge is -2.31. The zero-order valence-corrected chi connectivity index (χ0v) is 11.2. The molecule has 0 aromatic heterocycles. The number of hydrogen-bond donors (Lipinski definition) is 0. The molecule has 100 valence electrons. The first-order chi connectivity index (χ1) is 9.11. The van der Waals surface area contributed by atoms with Crippen molar-refractivity contribution in [1.82, 2.24) is 4.90 Å². The van der Waals surface area contributed by atoms with Gasteiger partial charge in [0.2, 0.25) is 0 Å². The van der Waals surface area contributed by atoms with Crippen LogP contribution in [0.3, 0.4) is 0 Å². The van der Waals surface area contributed by atoms with Crippen LogP contribution in [0.2, 0.25) is 5.02 Å². The van der Waals surface area contributed by atoms with E-state index in [1.807, 2.05) is 0 Å². The Balaban J connectivity index is 2.05. The van der Waals surface area contributed by atoms with Crippen molar-refractivity contribution in [3.63, 3.8) is 0 Å². The molecule has 1 aliphatic rings. The van der Waals surface area contributed by atoms with Crippen molar-refractivity contribution in [2.24, 2.45) is 5.92 Å². The van der Waals surface area contributed by atoms with E-state index in [-0.39, 0.29) is 11.5 Å². The van der Waals surface area contributed by atoms with Crippen LogP contribution >= 0.6 is 11.6 Å². The van der Waals surface area contributed by atoms with Gasteiger partial charge in [-0.1, -0.05) is 11.6 Å². The van der Waals surface area contributed by atoms with Gasteiger partial charge in [0.05, 0.1) is 11.6 Å². The van der Waals surface area contributed by atoms with Gasteiger partial charge in [-0.05, 0) is 37.0 Å². The topological polar surface area (TPSA) is 44.1 Å². The fourth-order valence-electron chi connectivity index (χ4n) is 2.30. The first-order valence-corrected chi connectivity index (χ1v) is 6.61. The second-order valence-corrected chi connectivity index (χ2v) is 5.16. The van der Waals surface area contributed by atoms with E-state index in [0.717, 1.165) is 12.8 Å². The molecular weight excluding hydrogens is 267 g/mol. The molecule has 0 spiro atoms. The summed E-state index contributed by atoms with van der Waals surface area (Å²) in [4.78, 5) is 13.8. The molecule has 0 aliphatic carbocycles. The van der Waals surface area contributed by atoms with Gasteiger partial charge in [-0.25, -0.2) is 4.39 Å². The summed E-state index contributed by atoms with van der Waals surface area (Å²) in [5.74, 6) is -0.526. The number of benzene rings is 1. The normalized spacial score (nSPS) is 16.2. The second-order valence-electron chi connectivity index (χ2n) is 4.72. The number of amides is 1. The summed E-state index contributed by atoms with van der Waals surface area (Å²) in [6, 6.07) is 6.14. The quantitative estimate of drug-likeness (QED) is 0.835. The van der Waals surface area contributed by atoms with Crippen LogP contribution in [0.4, 0.5) is 4.39 Å². The highest BCUT2D eigenvalue weighted by Crippen LogP contribution is 2.23. The molecule has 0 radical (unpaired) electrons. The standard InChI is InChI=1S/C14H14ClFN2O/c15-11-1-2-13(16)12(9-11)14(19)18-7-4-10(3-6-17)5-8-18/h1-2,9-10H,3-5,7-8H2. The minimum Gasteiger partial charge on any atom is -0.339 e. The first-order valence-electron chi connectivity index (χ1n) is 6.23. The highest BCUT2D eigenvalue weighted by molar-refractivity contribution is 6.31. The monoisotopic (exact) mass is 280 g/mol. The summed E-state index contributed by atoms with van der Waals surface area (Å²) in [5.41, 5.74) is 0.0197. The third-order valence-electron chi connectivity index (χ3n) is 3.44. The summed E-state index contributed by atoms with van der Waals surface area (Å²) in [5, 5.41) is 8.99. The minimum absolute atomic E-state index is 0.0197. The smallest absolute Gasteiger partial charge is 0.256 e. The Hall–Kier alpha value is -1.60. The average Bonchev–Trinajstić information content (AvgIpc) is 2.42. The molecule has 1 heterocycles. The lowest BCUT2D eigenvalue weighted by molar-refractivity contribution is 0.0687. The highest BCUT2D eigenvalue weighted by atomic mass is 35.5.